The second kappa shape index (κ2) is 12.5. The zero-order valence-corrected chi connectivity index (χ0v) is 25.7. The van der Waals surface area contributed by atoms with Gasteiger partial charge in [0.15, 0.2) is 11.5 Å². The fraction of sp³-hybridized carbons (Fsp3) is 0.139. The molecule has 0 bridgehead atoms. The first-order chi connectivity index (χ1) is 22.4. The smallest absolute Gasteiger partial charge is 0.355 e. The van der Waals surface area contributed by atoms with E-state index in [0.717, 1.165) is 16.5 Å². The lowest BCUT2D eigenvalue weighted by Crippen LogP contribution is -2.27. The highest BCUT2D eigenvalue weighted by Crippen LogP contribution is 2.44. The number of para-hydroxylation sites is 1. The molecule has 2 aromatic heterocycles. The number of hydrogen-bond donors (Lipinski definition) is 1. The second-order valence-corrected chi connectivity index (χ2v) is 10.4. The number of fused-ring (bicyclic) bond motifs is 2. The molecule has 0 unspecified atom stereocenters. The van der Waals surface area contributed by atoms with E-state index in [-0.39, 0.29) is 12.3 Å². The van der Waals surface area contributed by atoms with Crippen LogP contribution in [0, 0.1) is 0 Å². The molecule has 6 aromatic rings. The fourth-order valence-electron chi connectivity index (χ4n) is 5.51. The van der Waals surface area contributed by atoms with Crippen LogP contribution >= 0.6 is 0 Å². The van der Waals surface area contributed by atoms with Gasteiger partial charge < -0.3 is 29.4 Å². The number of ether oxygens (including phenoxy) is 5. The lowest BCUT2D eigenvalue weighted by Gasteiger charge is -2.21. The Labute approximate surface area is 264 Å². The zero-order chi connectivity index (χ0) is 32.4. The Morgan fingerprint density at radius 2 is 1.54 bits per heavy atom. The number of carbonyl (C=O) groups is 1. The maximum atomic E-state index is 14.3. The predicted octanol–water partition coefficient (Wildman–Crippen LogP) is 6.18. The number of pyridine rings is 2. The van der Waals surface area contributed by atoms with Crippen LogP contribution in [0.1, 0.15) is 16.1 Å². The molecule has 0 saturated heterocycles. The molecule has 0 fully saturated rings. The second-order valence-electron chi connectivity index (χ2n) is 10.4. The molecule has 0 aliphatic heterocycles. The van der Waals surface area contributed by atoms with Crippen LogP contribution in [0.3, 0.4) is 0 Å². The van der Waals surface area contributed by atoms with Gasteiger partial charge in [-0.25, -0.2) is 4.79 Å². The van der Waals surface area contributed by atoms with E-state index in [0.29, 0.717) is 56.3 Å². The number of anilines is 1. The van der Waals surface area contributed by atoms with Crippen molar-refractivity contribution >= 4 is 33.3 Å². The average Bonchev–Trinajstić information content (AvgIpc) is 3.10. The first kappa shape index (κ1) is 30.0. The van der Waals surface area contributed by atoms with Gasteiger partial charge in [-0.1, -0.05) is 18.2 Å². The maximum absolute atomic E-state index is 14.3. The number of hydrogen-bond acceptors (Lipinski definition) is 9. The Kier molecular flexibility index (Phi) is 8.17. The summed E-state index contributed by atoms with van der Waals surface area (Å²) >= 11 is 0. The largest absolute Gasteiger partial charge is 0.493 e. The van der Waals surface area contributed by atoms with Gasteiger partial charge in [0.05, 0.1) is 39.3 Å². The van der Waals surface area contributed by atoms with Crippen molar-refractivity contribution in [3.63, 3.8) is 0 Å². The molecule has 0 aliphatic rings. The van der Waals surface area contributed by atoms with Crippen LogP contribution in [0.15, 0.2) is 95.9 Å². The van der Waals surface area contributed by atoms with Crippen LogP contribution in [0.25, 0.3) is 38.5 Å². The molecule has 232 valence electrons. The van der Waals surface area contributed by atoms with Crippen LogP contribution in [0.4, 0.5) is 5.69 Å². The number of benzene rings is 4. The summed E-state index contributed by atoms with van der Waals surface area (Å²) < 4.78 is 29.5. The van der Waals surface area contributed by atoms with E-state index in [1.54, 1.807) is 60.8 Å². The quantitative estimate of drug-likeness (QED) is 0.150. The van der Waals surface area contributed by atoms with E-state index in [4.69, 9.17) is 29.4 Å². The topological polar surface area (TPSA) is 124 Å². The zero-order valence-electron chi connectivity index (χ0n) is 25.7. The molecule has 4 aromatic carbocycles. The monoisotopic (exact) mass is 617 g/mol. The summed E-state index contributed by atoms with van der Waals surface area (Å²) in [5.74, 6) is 0.861. The Hall–Kier alpha value is -6.03. The van der Waals surface area contributed by atoms with E-state index in [1.807, 2.05) is 30.3 Å². The number of esters is 1. The maximum Gasteiger partial charge on any atom is 0.355 e. The van der Waals surface area contributed by atoms with Crippen molar-refractivity contribution in [1.29, 1.82) is 0 Å². The minimum atomic E-state index is -0.719. The summed E-state index contributed by atoms with van der Waals surface area (Å²) in [6, 6.07) is 25.1. The van der Waals surface area contributed by atoms with E-state index in [2.05, 4.69) is 4.98 Å². The summed E-state index contributed by atoms with van der Waals surface area (Å²) in [6.45, 7) is 0.232. The van der Waals surface area contributed by atoms with E-state index < -0.39 is 11.5 Å². The van der Waals surface area contributed by atoms with Gasteiger partial charge in [-0.15, -0.1) is 0 Å². The SMILES string of the molecule is COC(=O)c1c(-c2cc(OC)c(OC)c(OC)c2)c2ccc(OCc3cnc4ccccc4c3)cc2c(=O)n1-c1ccc(N)cc1. The van der Waals surface area contributed by atoms with Gasteiger partial charge in [0.1, 0.15) is 18.1 Å². The first-order valence-electron chi connectivity index (χ1n) is 14.3. The molecule has 0 aliphatic carbocycles. The first-order valence-corrected chi connectivity index (χ1v) is 14.3. The molecule has 0 radical (unpaired) electrons. The Morgan fingerprint density at radius 1 is 0.826 bits per heavy atom. The number of nitrogen functional groups attached to an aromatic ring is 1. The lowest BCUT2D eigenvalue weighted by atomic mass is 9.95. The summed E-state index contributed by atoms with van der Waals surface area (Å²) in [6.07, 6.45) is 1.77. The minimum Gasteiger partial charge on any atom is -0.493 e. The van der Waals surface area contributed by atoms with Gasteiger partial charge in [-0.05, 0) is 77.7 Å². The normalized spacial score (nSPS) is 11.0. The van der Waals surface area contributed by atoms with Crippen molar-refractivity contribution in [1.82, 2.24) is 9.55 Å². The molecule has 6 rings (SSSR count). The molecular formula is C36H31N3O7. The predicted molar refractivity (Wildman–Crippen MR) is 176 cm³/mol. The Bertz CT molecular complexity index is 2130. The van der Waals surface area contributed by atoms with Crippen molar-refractivity contribution in [2.45, 2.75) is 6.61 Å². The van der Waals surface area contributed by atoms with Crippen LogP contribution in [0.2, 0.25) is 0 Å². The highest BCUT2D eigenvalue weighted by Gasteiger charge is 2.27. The Morgan fingerprint density at radius 3 is 2.22 bits per heavy atom. The molecule has 0 atom stereocenters. The number of carbonyl (C=O) groups excluding carboxylic acids is 1. The van der Waals surface area contributed by atoms with Crippen LogP contribution < -0.4 is 30.2 Å². The molecule has 2 heterocycles. The number of nitrogens with two attached hydrogens (primary N) is 1. The molecule has 0 spiro atoms. The van der Waals surface area contributed by atoms with Gasteiger partial charge in [0.25, 0.3) is 5.56 Å². The summed E-state index contributed by atoms with van der Waals surface area (Å²) in [4.78, 5) is 32.5. The van der Waals surface area contributed by atoms with Gasteiger partial charge in [-0.2, -0.15) is 0 Å². The van der Waals surface area contributed by atoms with Crippen LogP contribution in [-0.2, 0) is 11.3 Å². The molecule has 46 heavy (non-hydrogen) atoms. The number of nitrogens with zero attached hydrogens (tertiary/aromatic N) is 2. The van der Waals surface area contributed by atoms with Crippen LogP contribution in [-0.4, -0.2) is 44.0 Å². The minimum absolute atomic E-state index is 0.00921. The van der Waals surface area contributed by atoms with Crippen molar-refractivity contribution in [2.24, 2.45) is 0 Å². The third kappa shape index (κ3) is 5.41. The summed E-state index contributed by atoms with van der Waals surface area (Å²) in [7, 11) is 5.78. The van der Waals surface area contributed by atoms with Crippen LogP contribution in [0.5, 0.6) is 23.0 Å². The van der Waals surface area contributed by atoms with Gasteiger partial charge in [0, 0.05) is 34.1 Å². The highest BCUT2D eigenvalue weighted by molar-refractivity contribution is 6.08. The molecule has 10 nitrogen and oxygen atoms in total. The highest BCUT2D eigenvalue weighted by atomic mass is 16.5. The molecule has 2 N–H and O–H groups in total. The summed E-state index contributed by atoms with van der Waals surface area (Å²) in [5, 5.41) is 1.80. The molecule has 0 amide bonds. The van der Waals surface area contributed by atoms with Crippen molar-refractivity contribution in [2.75, 3.05) is 34.2 Å². The standard InChI is InChI=1S/C36H31N3O7/c1-42-30-16-23(17-31(43-2)34(30)44-3)32-27-14-13-26(46-20-21-15-22-7-5-6-8-29(22)38-19-21)18-28(27)35(40)39(33(32)36(41)45-4)25-11-9-24(37)10-12-25/h5-19H,20,37H2,1-4H3. The summed E-state index contributed by atoms with van der Waals surface area (Å²) in [5.41, 5.74) is 9.15. The fourth-order valence-corrected chi connectivity index (χ4v) is 5.51. The number of rotatable bonds is 9. The molecular weight excluding hydrogens is 586 g/mol. The molecule has 0 saturated carbocycles. The van der Waals surface area contributed by atoms with Gasteiger partial charge in [0.2, 0.25) is 5.75 Å². The Balaban J connectivity index is 1.59. The van der Waals surface area contributed by atoms with E-state index >= 15 is 0 Å². The van der Waals surface area contributed by atoms with Gasteiger partial charge >= 0.3 is 5.97 Å². The molecule has 10 heteroatoms. The van der Waals surface area contributed by atoms with Gasteiger partial charge in [-0.3, -0.25) is 14.3 Å². The number of aromatic nitrogens is 2. The third-order valence-electron chi connectivity index (χ3n) is 7.69. The van der Waals surface area contributed by atoms with Crippen molar-refractivity contribution in [3.05, 3.63) is 113 Å². The lowest BCUT2D eigenvalue weighted by molar-refractivity contribution is 0.0591. The van der Waals surface area contributed by atoms with Crippen molar-refractivity contribution < 1.29 is 28.5 Å². The van der Waals surface area contributed by atoms with Crippen molar-refractivity contribution in [3.8, 4) is 39.8 Å². The number of methoxy groups -OCH3 is 4. The third-order valence-corrected chi connectivity index (χ3v) is 7.69. The van der Waals surface area contributed by atoms with E-state index in [9.17, 15) is 9.59 Å². The van der Waals surface area contributed by atoms with E-state index in [1.165, 1.54) is 33.0 Å². The average molecular weight is 618 g/mol.